The van der Waals surface area contributed by atoms with E-state index < -0.39 is 22.5 Å². The van der Waals surface area contributed by atoms with Crippen LogP contribution in [0.2, 0.25) is 0 Å². The topological polar surface area (TPSA) is 82.4 Å². The van der Waals surface area contributed by atoms with Crippen LogP contribution in [0.3, 0.4) is 0 Å². The minimum absolute atomic E-state index is 0.297. The molecule has 43 heavy (non-hydrogen) atoms. The average Bonchev–Trinajstić information content (AvgIpc) is 3.45. The Bertz CT molecular complexity index is 1520. The number of ether oxygens (including phenoxy) is 2. The van der Waals surface area contributed by atoms with E-state index in [1.165, 1.54) is 18.2 Å². The van der Waals surface area contributed by atoms with Crippen molar-refractivity contribution >= 4 is 28.5 Å². The minimum atomic E-state index is -1.24. The van der Waals surface area contributed by atoms with Crippen LogP contribution in [0.25, 0.3) is 17.2 Å². The Morgan fingerprint density at radius 2 is 1.74 bits per heavy atom. The third-order valence-electron chi connectivity index (χ3n) is 6.66. The molecule has 0 radical (unpaired) electrons. The zero-order chi connectivity index (χ0) is 30.4. The van der Waals surface area contributed by atoms with Crippen LogP contribution in [0.4, 0.5) is 10.1 Å². The van der Waals surface area contributed by atoms with Gasteiger partial charge in [-0.15, -0.1) is 0 Å². The molecular weight excluding hydrogens is 565 g/mol. The predicted molar refractivity (Wildman–Crippen MR) is 170 cm³/mol. The standard InChI is InChI=1S/C34H38FN3O4S/c1-3-5-19-41-20-21-42-31-12-6-26(7-13-31)27-8-16-33(35)28(22-27)9-17-34(39)37-29-10-14-32(15-11-29)43(40)24-30-23-36-25-38(30)18-4-2/h6-17,22-23,25H,3-5,18-21,24H2,1-2H3,(H,37,39)/b17-9+/t43-/m1/s1. The fourth-order valence-corrected chi connectivity index (χ4v) is 5.44. The maximum Gasteiger partial charge on any atom is 0.248 e. The van der Waals surface area contributed by atoms with E-state index in [1.807, 2.05) is 28.8 Å². The van der Waals surface area contributed by atoms with Gasteiger partial charge in [-0.25, -0.2) is 9.37 Å². The second-order valence-corrected chi connectivity index (χ2v) is 11.4. The normalized spacial score (nSPS) is 12.0. The lowest BCUT2D eigenvalue weighted by molar-refractivity contribution is -0.111. The number of nitrogens with zero attached hydrogens (tertiary/aromatic N) is 2. The number of imidazole rings is 1. The quantitative estimate of drug-likeness (QED) is 0.108. The third kappa shape index (κ3) is 9.73. The van der Waals surface area contributed by atoms with E-state index in [4.69, 9.17) is 9.47 Å². The summed E-state index contributed by atoms with van der Waals surface area (Å²) in [7, 11) is -1.24. The number of amides is 1. The molecule has 4 aromatic rings. The van der Waals surface area contributed by atoms with E-state index in [0.717, 1.165) is 55.0 Å². The summed E-state index contributed by atoms with van der Waals surface area (Å²) in [5.74, 6) is 0.275. The smallest absolute Gasteiger partial charge is 0.248 e. The molecule has 1 aromatic heterocycles. The van der Waals surface area contributed by atoms with Crippen LogP contribution in [-0.2, 0) is 32.6 Å². The van der Waals surface area contributed by atoms with E-state index in [-0.39, 0.29) is 0 Å². The first-order valence-corrected chi connectivity index (χ1v) is 15.9. The molecule has 0 aliphatic carbocycles. The Kier molecular flexibility index (Phi) is 12.2. The number of halogens is 1. The molecule has 9 heteroatoms. The van der Waals surface area contributed by atoms with Gasteiger partial charge in [-0.3, -0.25) is 9.00 Å². The molecule has 226 valence electrons. The summed E-state index contributed by atoms with van der Waals surface area (Å²) >= 11 is 0. The highest BCUT2D eigenvalue weighted by atomic mass is 32.2. The van der Waals surface area contributed by atoms with Gasteiger partial charge in [-0.1, -0.05) is 38.5 Å². The maximum absolute atomic E-state index is 14.6. The van der Waals surface area contributed by atoms with Gasteiger partial charge in [0.2, 0.25) is 5.91 Å². The second-order valence-electron chi connectivity index (χ2n) is 9.99. The molecule has 0 aliphatic heterocycles. The molecule has 0 saturated heterocycles. The van der Waals surface area contributed by atoms with Crippen molar-refractivity contribution < 1.29 is 22.9 Å². The van der Waals surface area contributed by atoms with Crippen molar-refractivity contribution in [2.45, 2.75) is 50.3 Å². The van der Waals surface area contributed by atoms with Gasteiger partial charge < -0.3 is 19.4 Å². The lowest BCUT2D eigenvalue weighted by Gasteiger charge is -2.09. The molecule has 0 bridgehead atoms. The molecule has 0 fully saturated rings. The highest BCUT2D eigenvalue weighted by Gasteiger charge is 2.10. The number of anilines is 1. The van der Waals surface area contributed by atoms with Gasteiger partial charge in [-0.05, 0) is 78.6 Å². The van der Waals surface area contributed by atoms with Gasteiger partial charge in [0.25, 0.3) is 0 Å². The molecule has 0 unspecified atom stereocenters. The molecule has 1 amide bonds. The first-order valence-electron chi connectivity index (χ1n) is 14.5. The Balaban J connectivity index is 1.31. The van der Waals surface area contributed by atoms with Crippen molar-refractivity contribution in [1.82, 2.24) is 9.55 Å². The van der Waals surface area contributed by atoms with E-state index in [1.54, 1.807) is 48.9 Å². The van der Waals surface area contributed by atoms with Crippen molar-refractivity contribution in [1.29, 1.82) is 0 Å². The van der Waals surface area contributed by atoms with E-state index in [9.17, 15) is 13.4 Å². The molecule has 0 aliphatic rings. The van der Waals surface area contributed by atoms with Gasteiger partial charge in [-0.2, -0.15) is 0 Å². The number of benzene rings is 3. The summed E-state index contributed by atoms with van der Waals surface area (Å²) in [5, 5.41) is 2.77. The van der Waals surface area contributed by atoms with Crippen LogP contribution in [0.1, 0.15) is 44.4 Å². The first kappa shape index (κ1) is 31.8. The number of nitrogens with one attached hydrogen (secondary N) is 1. The van der Waals surface area contributed by atoms with Gasteiger partial charge in [0, 0.05) is 41.6 Å². The Morgan fingerprint density at radius 3 is 2.49 bits per heavy atom. The summed E-state index contributed by atoms with van der Waals surface area (Å²) in [6.45, 7) is 6.80. The predicted octanol–water partition coefficient (Wildman–Crippen LogP) is 7.25. The monoisotopic (exact) mass is 603 g/mol. The van der Waals surface area contributed by atoms with Gasteiger partial charge in [0.1, 0.15) is 18.2 Å². The number of aryl methyl sites for hydroxylation is 1. The van der Waals surface area contributed by atoms with Crippen LogP contribution in [0.15, 0.2) is 90.2 Å². The number of hydrogen-bond donors (Lipinski definition) is 1. The summed E-state index contributed by atoms with van der Waals surface area (Å²) in [6, 6.07) is 19.2. The molecule has 3 aromatic carbocycles. The number of aromatic nitrogens is 2. The number of carbonyl (C=O) groups excluding carboxylic acids is 1. The van der Waals surface area contributed by atoms with Crippen molar-refractivity contribution in [2.75, 3.05) is 25.1 Å². The molecule has 0 spiro atoms. The fourth-order valence-electron chi connectivity index (χ4n) is 4.33. The second kappa shape index (κ2) is 16.5. The molecule has 1 atom stereocenters. The van der Waals surface area contributed by atoms with Crippen LogP contribution in [0, 0.1) is 5.82 Å². The van der Waals surface area contributed by atoms with Crippen molar-refractivity contribution in [2.24, 2.45) is 0 Å². The summed E-state index contributed by atoms with van der Waals surface area (Å²) in [6.07, 6.45) is 9.36. The largest absolute Gasteiger partial charge is 0.491 e. The highest BCUT2D eigenvalue weighted by molar-refractivity contribution is 7.84. The Morgan fingerprint density at radius 1 is 0.977 bits per heavy atom. The molecule has 1 heterocycles. The number of hydrogen-bond acceptors (Lipinski definition) is 5. The van der Waals surface area contributed by atoms with Crippen LogP contribution >= 0.6 is 0 Å². The van der Waals surface area contributed by atoms with Crippen molar-refractivity contribution in [3.63, 3.8) is 0 Å². The zero-order valence-electron chi connectivity index (χ0n) is 24.6. The van der Waals surface area contributed by atoms with Crippen molar-refractivity contribution in [3.05, 3.63) is 102 Å². The van der Waals surface area contributed by atoms with Gasteiger partial charge in [0.15, 0.2) is 0 Å². The number of unbranched alkanes of at least 4 members (excludes halogenated alkanes) is 1. The third-order valence-corrected chi connectivity index (χ3v) is 8.02. The van der Waals surface area contributed by atoms with E-state index in [2.05, 4.69) is 24.1 Å². The molecule has 4 rings (SSSR count). The molecule has 7 nitrogen and oxygen atoms in total. The minimum Gasteiger partial charge on any atom is -0.491 e. The average molecular weight is 604 g/mol. The van der Waals surface area contributed by atoms with Gasteiger partial charge in [0.05, 0.1) is 35.2 Å². The number of rotatable bonds is 16. The zero-order valence-corrected chi connectivity index (χ0v) is 25.4. The van der Waals surface area contributed by atoms with Crippen LogP contribution in [-0.4, -0.2) is 39.5 Å². The van der Waals surface area contributed by atoms with E-state index in [0.29, 0.717) is 35.1 Å². The highest BCUT2D eigenvalue weighted by Crippen LogP contribution is 2.25. The van der Waals surface area contributed by atoms with Crippen LogP contribution < -0.4 is 10.1 Å². The summed E-state index contributed by atoms with van der Waals surface area (Å²) in [4.78, 5) is 17.4. The number of carbonyl (C=O) groups is 1. The fraction of sp³-hybridized carbons (Fsp3) is 0.294. The van der Waals surface area contributed by atoms with E-state index >= 15 is 0 Å². The Hall–Kier alpha value is -4.08. The maximum atomic E-state index is 14.6. The van der Waals surface area contributed by atoms with Gasteiger partial charge >= 0.3 is 0 Å². The lowest BCUT2D eigenvalue weighted by Crippen LogP contribution is -2.08. The lowest BCUT2D eigenvalue weighted by atomic mass is 10.0. The molecule has 1 N–H and O–H groups in total. The van der Waals surface area contributed by atoms with Crippen LogP contribution in [0.5, 0.6) is 5.75 Å². The molecular formula is C34H38FN3O4S. The Labute approximate surface area is 255 Å². The van der Waals surface area contributed by atoms with Crippen molar-refractivity contribution in [3.8, 4) is 16.9 Å². The SMILES string of the molecule is CCCCOCCOc1ccc(-c2ccc(F)c(/C=C/C(=O)Nc3ccc([S@](=O)Cc4cncn4CCC)cc3)c2)cc1. The first-order chi connectivity index (χ1) is 21.0. The summed E-state index contributed by atoms with van der Waals surface area (Å²) < 4.78 is 40.7. The molecule has 0 saturated carbocycles. The summed E-state index contributed by atoms with van der Waals surface area (Å²) in [5.41, 5.74) is 3.49.